The van der Waals surface area contributed by atoms with Crippen LogP contribution in [0.5, 0.6) is 0 Å². The summed E-state index contributed by atoms with van der Waals surface area (Å²) in [5, 5.41) is 3.73. The Hall–Kier alpha value is -2.40. The fraction of sp³-hybridized carbons (Fsp3) is 0. The predicted molar refractivity (Wildman–Crippen MR) is 74.7 cm³/mol. The van der Waals surface area contributed by atoms with E-state index in [9.17, 15) is 4.39 Å². The summed E-state index contributed by atoms with van der Waals surface area (Å²) >= 11 is 0. The van der Waals surface area contributed by atoms with E-state index >= 15 is 0 Å². The van der Waals surface area contributed by atoms with Gasteiger partial charge >= 0.3 is 1.43 Å². The number of para-hydroxylation sites is 1. The Morgan fingerprint density at radius 1 is 1.05 bits per heavy atom. The Bertz CT molecular complexity index is 754. The van der Waals surface area contributed by atoms with Crippen molar-refractivity contribution in [1.82, 2.24) is 9.97 Å². The molecule has 2 aromatic carbocycles. The van der Waals surface area contributed by atoms with Gasteiger partial charge in [-0.3, -0.25) is 0 Å². The van der Waals surface area contributed by atoms with Gasteiger partial charge < -0.3 is 23.5 Å². The van der Waals surface area contributed by atoms with E-state index in [4.69, 9.17) is 5.73 Å². The van der Waals surface area contributed by atoms with E-state index in [2.05, 4.69) is 15.3 Å². The third kappa shape index (κ3) is 2.78. The van der Waals surface area contributed by atoms with Gasteiger partial charge in [0.15, 0.2) is 0 Å². The second-order valence-corrected chi connectivity index (χ2v) is 4.08. The molecule has 0 radical (unpaired) electrons. The van der Waals surface area contributed by atoms with Crippen LogP contribution in [0.15, 0.2) is 48.5 Å². The Morgan fingerprint density at radius 3 is 2.65 bits per heavy atom. The van der Waals surface area contributed by atoms with Crippen LogP contribution < -0.4 is 23.5 Å². The molecular weight excluding hydrogens is 279 g/mol. The molecule has 3 N–H and O–H groups in total. The monoisotopic (exact) mass is 290 g/mol. The molecule has 3 aromatic rings. The van der Waals surface area contributed by atoms with E-state index in [-0.39, 0.29) is 19.7 Å². The van der Waals surface area contributed by atoms with E-state index in [1.54, 1.807) is 12.1 Å². The van der Waals surface area contributed by atoms with Gasteiger partial charge in [0.1, 0.15) is 11.6 Å². The number of rotatable bonds is 2. The molecule has 0 amide bonds. The van der Waals surface area contributed by atoms with Crippen LogP contribution >= 0.6 is 0 Å². The predicted octanol–water partition coefficient (Wildman–Crippen LogP) is 0.211. The molecule has 0 bridgehead atoms. The number of anilines is 3. The van der Waals surface area contributed by atoms with E-state index < -0.39 is 0 Å². The van der Waals surface area contributed by atoms with Crippen molar-refractivity contribution in [3.05, 3.63) is 54.3 Å². The summed E-state index contributed by atoms with van der Waals surface area (Å²) in [7, 11) is 0. The van der Waals surface area contributed by atoms with Crippen molar-refractivity contribution in [2.75, 3.05) is 11.1 Å². The first-order valence-electron chi connectivity index (χ1n) is 5.77. The lowest BCUT2D eigenvalue weighted by molar-refractivity contribution is -0.00000460. The number of hydrogen-bond donors (Lipinski definition) is 2. The number of benzene rings is 2. The molecule has 0 aliphatic rings. The molecule has 4 nitrogen and oxygen atoms in total. The highest BCUT2D eigenvalue weighted by atomic mass is 35.5. The molecule has 0 fully saturated rings. The number of fused-ring (bicyclic) bond motifs is 1. The average molecular weight is 291 g/mol. The number of nitrogens with one attached hydrogen (secondary N) is 1. The Balaban J connectivity index is 0.00000110. The lowest BCUT2D eigenvalue weighted by Gasteiger charge is -2.07. The summed E-state index contributed by atoms with van der Waals surface area (Å²) in [6, 6.07) is 13.6. The van der Waals surface area contributed by atoms with Gasteiger partial charge in [-0.1, -0.05) is 18.2 Å². The summed E-state index contributed by atoms with van der Waals surface area (Å²) in [6.45, 7) is 0. The standard InChI is InChI=1S/C14H11FN4.ClH/c15-9-4-3-5-10(8-9)17-14-18-12-7-2-1-6-11(12)13(16)19-14;/h1-8H,(H3,16,17,18,19);1H. The number of nitrogens with two attached hydrogens (primary N) is 1. The maximum absolute atomic E-state index is 13.1. The number of halogens is 2. The quantitative estimate of drug-likeness (QED) is 0.708. The zero-order valence-corrected chi connectivity index (χ0v) is 11.1. The average Bonchev–Trinajstić information content (AvgIpc) is 2.39. The Kier molecular flexibility index (Phi) is 4.00. The first-order chi connectivity index (χ1) is 9.22. The Labute approximate surface area is 122 Å². The molecule has 102 valence electrons. The van der Waals surface area contributed by atoms with Gasteiger partial charge in [0, 0.05) is 11.1 Å². The number of nitrogen functional groups attached to an aromatic ring is 1. The Morgan fingerprint density at radius 2 is 1.85 bits per heavy atom. The normalized spacial score (nSPS) is 10.1. The maximum Gasteiger partial charge on any atom is 1.00 e. The largest absolute Gasteiger partial charge is 1.00 e. The molecule has 6 heteroatoms. The summed E-state index contributed by atoms with van der Waals surface area (Å²) in [5.74, 6) is 0.421. The topological polar surface area (TPSA) is 63.8 Å². The van der Waals surface area contributed by atoms with E-state index in [1.807, 2.05) is 24.3 Å². The molecular formula is C14H12ClFN4. The minimum Gasteiger partial charge on any atom is -1.00 e. The highest BCUT2D eigenvalue weighted by Gasteiger charge is 2.05. The third-order valence-electron chi connectivity index (χ3n) is 2.71. The second kappa shape index (κ2) is 5.71. The van der Waals surface area contributed by atoms with Gasteiger partial charge in [0.05, 0.1) is 5.52 Å². The first kappa shape index (κ1) is 14.0. The van der Waals surface area contributed by atoms with Crippen molar-refractivity contribution in [3.8, 4) is 0 Å². The van der Waals surface area contributed by atoms with Crippen LogP contribution in [0.4, 0.5) is 21.8 Å². The molecule has 0 aliphatic carbocycles. The van der Waals surface area contributed by atoms with Gasteiger partial charge in [-0.2, -0.15) is 4.98 Å². The van der Waals surface area contributed by atoms with Crippen molar-refractivity contribution in [3.63, 3.8) is 0 Å². The fourth-order valence-corrected chi connectivity index (χ4v) is 1.85. The van der Waals surface area contributed by atoms with Crippen molar-refractivity contribution in [2.24, 2.45) is 0 Å². The van der Waals surface area contributed by atoms with Crippen molar-refractivity contribution < 1.29 is 18.2 Å². The van der Waals surface area contributed by atoms with Crippen LogP contribution in [0.1, 0.15) is 1.43 Å². The molecule has 3 rings (SSSR count). The molecule has 0 unspecified atom stereocenters. The van der Waals surface area contributed by atoms with Crippen LogP contribution in [0.2, 0.25) is 0 Å². The lowest BCUT2D eigenvalue weighted by Crippen LogP contribution is -3.00. The van der Waals surface area contributed by atoms with Crippen LogP contribution in [-0.2, 0) is 0 Å². The molecule has 20 heavy (non-hydrogen) atoms. The molecule has 0 atom stereocenters. The van der Waals surface area contributed by atoms with Gasteiger partial charge in [-0.15, -0.1) is 0 Å². The SMILES string of the molecule is Nc1nc(Nc2cccc(F)c2)nc2ccccc12.[Cl-].[H+]. The molecule has 0 saturated heterocycles. The second-order valence-electron chi connectivity index (χ2n) is 4.08. The lowest BCUT2D eigenvalue weighted by atomic mass is 10.2. The molecule has 0 aliphatic heterocycles. The third-order valence-corrected chi connectivity index (χ3v) is 2.71. The van der Waals surface area contributed by atoms with Crippen molar-refractivity contribution in [2.45, 2.75) is 0 Å². The van der Waals surface area contributed by atoms with E-state index in [0.717, 1.165) is 10.9 Å². The molecule has 0 spiro atoms. The summed E-state index contributed by atoms with van der Waals surface area (Å²) in [6.07, 6.45) is 0. The van der Waals surface area contributed by atoms with E-state index in [1.165, 1.54) is 12.1 Å². The molecule has 1 heterocycles. The molecule has 1 aromatic heterocycles. The number of hydrogen-bond acceptors (Lipinski definition) is 4. The van der Waals surface area contributed by atoms with Crippen molar-refractivity contribution in [1.29, 1.82) is 0 Å². The fourth-order valence-electron chi connectivity index (χ4n) is 1.85. The van der Waals surface area contributed by atoms with Crippen LogP contribution in [0.25, 0.3) is 10.9 Å². The summed E-state index contributed by atoms with van der Waals surface area (Å²) in [4.78, 5) is 8.50. The number of aromatic nitrogens is 2. The zero-order chi connectivity index (χ0) is 13.2. The van der Waals surface area contributed by atoms with Gasteiger partial charge in [0.2, 0.25) is 5.95 Å². The van der Waals surface area contributed by atoms with Gasteiger partial charge in [-0.05, 0) is 30.3 Å². The van der Waals surface area contributed by atoms with Gasteiger partial charge in [0.25, 0.3) is 0 Å². The highest BCUT2D eigenvalue weighted by molar-refractivity contribution is 5.89. The van der Waals surface area contributed by atoms with E-state index in [0.29, 0.717) is 17.5 Å². The highest BCUT2D eigenvalue weighted by Crippen LogP contribution is 2.21. The van der Waals surface area contributed by atoms with Crippen molar-refractivity contribution >= 4 is 28.4 Å². The molecule has 0 saturated carbocycles. The van der Waals surface area contributed by atoms with Crippen LogP contribution in [0.3, 0.4) is 0 Å². The van der Waals surface area contributed by atoms with Gasteiger partial charge in [-0.25, -0.2) is 9.37 Å². The smallest absolute Gasteiger partial charge is 1.00 e. The maximum atomic E-state index is 13.1. The minimum atomic E-state index is -0.321. The zero-order valence-electron chi connectivity index (χ0n) is 11.3. The number of nitrogens with zero attached hydrogens (tertiary/aromatic N) is 2. The van der Waals surface area contributed by atoms with Crippen LogP contribution in [-0.4, -0.2) is 9.97 Å². The van der Waals surface area contributed by atoms with Crippen LogP contribution in [0, 0.1) is 5.82 Å². The minimum absolute atomic E-state index is 0. The summed E-state index contributed by atoms with van der Waals surface area (Å²) < 4.78 is 13.1. The first-order valence-corrected chi connectivity index (χ1v) is 5.77. The summed E-state index contributed by atoms with van der Waals surface area (Å²) in [5.41, 5.74) is 7.20.